The third-order valence-electron chi connectivity index (χ3n) is 6.60. The van der Waals surface area contributed by atoms with E-state index in [1.807, 2.05) is 0 Å². The molecule has 1 aliphatic carbocycles. The Morgan fingerprint density at radius 1 is 1.00 bits per heavy atom. The summed E-state index contributed by atoms with van der Waals surface area (Å²) >= 11 is 0. The van der Waals surface area contributed by atoms with Crippen LogP contribution in [0.25, 0.3) is 27.6 Å². The second kappa shape index (κ2) is 7.71. The van der Waals surface area contributed by atoms with Crippen molar-refractivity contribution in [2.45, 2.75) is 53.9 Å². The monoisotopic (exact) mass is 411 g/mol. The molecular formula is C28H33N3. The molecule has 0 unspecified atom stereocenters. The lowest BCUT2D eigenvalue weighted by Gasteiger charge is -2.26. The second-order valence-corrected chi connectivity index (χ2v) is 9.47. The molecule has 2 aromatic heterocycles. The highest BCUT2D eigenvalue weighted by Gasteiger charge is 2.27. The van der Waals surface area contributed by atoms with E-state index in [4.69, 9.17) is 4.98 Å². The van der Waals surface area contributed by atoms with Crippen molar-refractivity contribution in [3.8, 4) is 5.69 Å². The fourth-order valence-electron chi connectivity index (χ4n) is 5.25. The van der Waals surface area contributed by atoms with Crippen LogP contribution in [0.2, 0.25) is 0 Å². The molecule has 4 aromatic rings. The molecule has 1 aliphatic rings. The molecule has 1 fully saturated rings. The van der Waals surface area contributed by atoms with Crippen molar-refractivity contribution in [3.05, 3.63) is 64.8 Å². The number of hydrogen-bond acceptors (Lipinski definition) is 2. The number of fused-ring (bicyclic) bond motifs is 3. The molecule has 1 saturated carbocycles. The van der Waals surface area contributed by atoms with Gasteiger partial charge in [-0.05, 0) is 76.1 Å². The van der Waals surface area contributed by atoms with Gasteiger partial charge in [-0.1, -0.05) is 42.8 Å². The first-order valence-corrected chi connectivity index (χ1v) is 11.7. The Balaban J connectivity index is 1.87. The summed E-state index contributed by atoms with van der Waals surface area (Å²) in [7, 11) is 0. The zero-order valence-corrected chi connectivity index (χ0v) is 19.5. The first-order valence-electron chi connectivity index (χ1n) is 11.7. The highest BCUT2D eigenvalue weighted by Crippen LogP contribution is 2.40. The van der Waals surface area contributed by atoms with Crippen LogP contribution in [-0.2, 0) is 0 Å². The molecule has 0 bridgehead atoms. The van der Waals surface area contributed by atoms with E-state index in [-0.39, 0.29) is 0 Å². The van der Waals surface area contributed by atoms with Gasteiger partial charge in [0.25, 0.3) is 0 Å². The zero-order valence-electron chi connectivity index (χ0n) is 19.5. The number of aryl methyl sites for hydroxylation is 4. The Morgan fingerprint density at radius 2 is 1.71 bits per heavy atom. The maximum absolute atomic E-state index is 5.13. The molecular weight excluding hydrogens is 378 g/mol. The number of pyridine rings is 1. The lowest BCUT2D eigenvalue weighted by molar-refractivity contribution is 0.710. The summed E-state index contributed by atoms with van der Waals surface area (Å²) in [6.07, 6.45) is 3.90. The van der Waals surface area contributed by atoms with Gasteiger partial charge >= 0.3 is 0 Å². The molecule has 3 heteroatoms. The van der Waals surface area contributed by atoms with Gasteiger partial charge in [-0.25, -0.2) is 4.98 Å². The Bertz CT molecular complexity index is 1250. The summed E-state index contributed by atoms with van der Waals surface area (Å²) in [4.78, 5) is 7.75. The number of rotatable bonds is 6. The van der Waals surface area contributed by atoms with Gasteiger partial charge in [0, 0.05) is 24.2 Å². The molecule has 0 spiro atoms. The van der Waals surface area contributed by atoms with E-state index in [1.54, 1.807) is 0 Å². The summed E-state index contributed by atoms with van der Waals surface area (Å²) in [5.41, 5.74) is 9.95. The van der Waals surface area contributed by atoms with Crippen molar-refractivity contribution < 1.29 is 0 Å². The minimum Gasteiger partial charge on any atom is -0.371 e. The van der Waals surface area contributed by atoms with Crippen LogP contribution in [0.4, 0.5) is 5.69 Å². The minimum absolute atomic E-state index is 0.852. The number of aromatic nitrogens is 2. The van der Waals surface area contributed by atoms with Crippen LogP contribution < -0.4 is 4.90 Å². The first kappa shape index (κ1) is 20.1. The maximum atomic E-state index is 5.13. The Kier molecular flexibility index (Phi) is 5.00. The van der Waals surface area contributed by atoms with Crippen molar-refractivity contribution in [2.75, 3.05) is 18.0 Å². The number of nitrogens with zero attached hydrogens (tertiary/aromatic N) is 3. The SMILES string of the molecule is CCCN(CC1CC1)c1cc(C)nc2c1c1ccccc1n2-c1c(C)cc(C)cc1C. The predicted molar refractivity (Wildman–Crippen MR) is 133 cm³/mol. The highest BCUT2D eigenvalue weighted by atomic mass is 15.1. The van der Waals surface area contributed by atoms with Crippen LogP contribution in [-0.4, -0.2) is 22.6 Å². The summed E-state index contributed by atoms with van der Waals surface area (Å²) in [5, 5.41) is 2.60. The number of hydrogen-bond donors (Lipinski definition) is 0. The second-order valence-electron chi connectivity index (χ2n) is 9.47. The molecule has 0 radical (unpaired) electrons. The van der Waals surface area contributed by atoms with E-state index in [1.165, 1.54) is 57.2 Å². The first-order chi connectivity index (χ1) is 15.0. The molecule has 0 amide bonds. The Labute approximate surface area is 185 Å². The van der Waals surface area contributed by atoms with Crippen LogP contribution in [0.5, 0.6) is 0 Å². The van der Waals surface area contributed by atoms with E-state index < -0.39 is 0 Å². The molecule has 2 heterocycles. The standard InChI is InChI=1S/C28H33N3/c1-6-13-30(17-22-11-12-22)25-16-21(5)29-28-26(25)23-9-7-8-10-24(23)31(28)27-19(3)14-18(2)15-20(27)4/h7-10,14-16,22H,6,11-13,17H2,1-5H3. The fraction of sp³-hybridized carbons (Fsp3) is 0.393. The van der Waals surface area contributed by atoms with Gasteiger partial charge in [0.2, 0.25) is 0 Å². The number of para-hydroxylation sites is 1. The van der Waals surface area contributed by atoms with Gasteiger partial charge < -0.3 is 4.90 Å². The van der Waals surface area contributed by atoms with Crippen molar-refractivity contribution in [1.82, 2.24) is 9.55 Å². The van der Waals surface area contributed by atoms with E-state index >= 15 is 0 Å². The van der Waals surface area contributed by atoms with E-state index in [9.17, 15) is 0 Å². The lowest BCUT2D eigenvalue weighted by atomic mass is 10.0. The van der Waals surface area contributed by atoms with Gasteiger partial charge in [0.1, 0.15) is 5.65 Å². The Morgan fingerprint density at radius 3 is 2.39 bits per heavy atom. The molecule has 3 nitrogen and oxygen atoms in total. The molecule has 0 saturated heterocycles. The van der Waals surface area contributed by atoms with Crippen LogP contribution in [0, 0.1) is 33.6 Å². The average Bonchev–Trinajstić information content (AvgIpc) is 3.48. The summed E-state index contributed by atoms with van der Waals surface area (Å²) in [5.74, 6) is 0.852. The third-order valence-corrected chi connectivity index (χ3v) is 6.60. The smallest absolute Gasteiger partial charge is 0.147 e. The van der Waals surface area contributed by atoms with E-state index in [0.717, 1.165) is 36.8 Å². The van der Waals surface area contributed by atoms with E-state index in [2.05, 4.69) is 86.6 Å². The lowest BCUT2D eigenvalue weighted by Crippen LogP contribution is -2.27. The van der Waals surface area contributed by atoms with Gasteiger partial charge in [-0.2, -0.15) is 0 Å². The maximum Gasteiger partial charge on any atom is 0.147 e. The highest BCUT2D eigenvalue weighted by molar-refractivity contribution is 6.14. The third kappa shape index (κ3) is 3.50. The summed E-state index contributed by atoms with van der Waals surface area (Å²) < 4.78 is 2.41. The van der Waals surface area contributed by atoms with Crippen LogP contribution >= 0.6 is 0 Å². The van der Waals surface area contributed by atoms with Gasteiger partial charge in [-0.3, -0.25) is 4.57 Å². The van der Waals surface area contributed by atoms with Gasteiger partial charge in [-0.15, -0.1) is 0 Å². The topological polar surface area (TPSA) is 21.1 Å². The zero-order chi connectivity index (χ0) is 21.7. The van der Waals surface area contributed by atoms with Crippen molar-refractivity contribution >= 4 is 27.6 Å². The van der Waals surface area contributed by atoms with Gasteiger partial charge in [0.15, 0.2) is 0 Å². The fourth-order valence-corrected chi connectivity index (χ4v) is 5.25. The van der Waals surface area contributed by atoms with Crippen molar-refractivity contribution in [3.63, 3.8) is 0 Å². The average molecular weight is 412 g/mol. The summed E-state index contributed by atoms with van der Waals surface area (Å²) in [6, 6.07) is 15.7. The van der Waals surface area contributed by atoms with Crippen LogP contribution in [0.15, 0.2) is 42.5 Å². The van der Waals surface area contributed by atoms with Gasteiger partial charge in [0.05, 0.1) is 22.3 Å². The molecule has 0 atom stereocenters. The minimum atomic E-state index is 0.852. The molecule has 160 valence electrons. The molecule has 31 heavy (non-hydrogen) atoms. The molecule has 5 rings (SSSR count). The normalized spacial score (nSPS) is 14.0. The molecule has 0 N–H and O–H groups in total. The van der Waals surface area contributed by atoms with E-state index in [0.29, 0.717) is 0 Å². The summed E-state index contributed by atoms with van der Waals surface area (Å²) in [6.45, 7) is 13.3. The number of benzene rings is 2. The largest absolute Gasteiger partial charge is 0.371 e. The van der Waals surface area contributed by atoms with Crippen molar-refractivity contribution in [1.29, 1.82) is 0 Å². The molecule has 0 aliphatic heterocycles. The predicted octanol–water partition coefficient (Wildman–Crippen LogP) is 7.04. The van der Waals surface area contributed by atoms with Crippen LogP contribution in [0.3, 0.4) is 0 Å². The number of anilines is 1. The Hall–Kier alpha value is -2.81. The van der Waals surface area contributed by atoms with Crippen molar-refractivity contribution in [2.24, 2.45) is 5.92 Å². The van der Waals surface area contributed by atoms with Crippen LogP contribution in [0.1, 0.15) is 48.6 Å². The molecule has 2 aromatic carbocycles. The quantitative estimate of drug-likeness (QED) is 0.339.